The zero-order valence-corrected chi connectivity index (χ0v) is 14.6. The molecule has 0 spiro atoms. The number of fused-ring (bicyclic) bond motifs is 1. The molecule has 1 unspecified atom stereocenters. The van der Waals surface area contributed by atoms with Crippen LogP contribution in [0.5, 0.6) is 0 Å². The van der Waals surface area contributed by atoms with Crippen LogP contribution in [-0.2, 0) is 16.0 Å². The number of imidazole rings is 1. The minimum absolute atomic E-state index is 0.0825. The van der Waals surface area contributed by atoms with Gasteiger partial charge in [0.05, 0.1) is 11.0 Å². The van der Waals surface area contributed by atoms with E-state index in [1.54, 1.807) is 11.0 Å². The summed E-state index contributed by atoms with van der Waals surface area (Å²) < 4.78 is 13.2. The molecule has 7 heteroatoms. The maximum atomic E-state index is 13.2. The Bertz CT molecular complexity index is 830. The number of nitrogens with zero attached hydrogens (tertiary/aromatic N) is 2. The maximum Gasteiger partial charge on any atom is 0.242 e. The van der Waals surface area contributed by atoms with Crippen LogP contribution in [0.4, 0.5) is 4.39 Å². The lowest BCUT2D eigenvalue weighted by molar-refractivity contribution is -0.143. The Morgan fingerprint density at radius 3 is 2.92 bits per heavy atom. The first-order chi connectivity index (χ1) is 12.6. The molecule has 1 aliphatic heterocycles. The second kappa shape index (κ2) is 7.05. The molecule has 2 heterocycles. The molecule has 1 aromatic carbocycles. The van der Waals surface area contributed by atoms with Crippen LogP contribution in [0.2, 0.25) is 0 Å². The number of carbonyl (C=O) groups is 2. The smallest absolute Gasteiger partial charge is 0.242 e. The first-order valence-electron chi connectivity index (χ1n) is 9.34. The molecule has 1 saturated heterocycles. The SMILES string of the molecule is O=C(NCCc1nc2ccc(F)cc2[nH]1)C1CCCCN1C(=O)C1CC1. The monoisotopic (exact) mass is 358 g/mol. The number of piperidine rings is 1. The molecule has 0 bridgehead atoms. The Morgan fingerprint density at radius 1 is 1.27 bits per heavy atom. The van der Waals surface area contributed by atoms with Crippen molar-refractivity contribution in [2.75, 3.05) is 13.1 Å². The number of nitrogens with one attached hydrogen (secondary N) is 2. The van der Waals surface area contributed by atoms with E-state index in [2.05, 4.69) is 15.3 Å². The largest absolute Gasteiger partial charge is 0.354 e. The molecule has 1 atom stereocenters. The van der Waals surface area contributed by atoms with Crippen molar-refractivity contribution in [3.05, 3.63) is 29.8 Å². The number of amides is 2. The van der Waals surface area contributed by atoms with Crippen molar-refractivity contribution < 1.29 is 14.0 Å². The van der Waals surface area contributed by atoms with Crippen LogP contribution in [0.3, 0.4) is 0 Å². The average Bonchev–Trinajstić information content (AvgIpc) is 3.41. The highest BCUT2D eigenvalue weighted by atomic mass is 19.1. The highest BCUT2D eigenvalue weighted by Crippen LogP contribution is 2.33. The van der Waals surface area contributed by atoms with E-state index in [9.17, 15) is 14.0 Å². The van der Waals surface area contributed by atoms with E-state index in [1.165, 1.54) is 12.1 Å². The number of hydrogen-bond donors (Lipinski definition) is 2. The van der Waals surface area contributed by atoms with Gasteiger partial charge in [-0.2, -0.15) is 0 Å². The number of likely N-dealkylation sites (tertiary alicyclic amines) is 1. The van der Waals surface area contributed by atoms with Crippen molar-refractivity contribution in [3.63, 3.8) is 0 Å². The van der Waals surface area contributed by atoms with Gasteiger partial charge in [0, 0.05) is 25.4 Å². The van der Waals surface area contributed by atoms with Gasteiger partial charge in [-0.3, -0.25) is 9.59 Å². The third kappa shape index (κ3) is 3.57. The van der Waals surface area contributed by atoms with Gasteiger partial charge in [-0.15, -0.1) is 0 Å². The van der Waals surface area contributed by atoms with Gasteiger partial charge in [0.25, 0.3) is 0 Å². The number of H-pyrrole nitrogens is 1. The first-order valence-corrected chi connectivity index (χ1v) is 9.34. The molecule has 2 aliphatic rings. The molecule has 2 amide bonds. The zero-order chi connectivity index (χ0) is 18.1. The van der Waals surface area contributed by atoms with Crippen molar-refractivity contribution >= 4 is 22.8 Å². The normalized spacial score (nSPS) is 20.3. The standard InChI is InChI=1S/C19H23FN4O2/c20-13-6-7-14-15(11-13)23-17(22-14)8-9-21-18(25)16-3-1-2-10-24(16)19(26)12-4-5-12/h6-7,11-12,16H,1-5,8-10H2,(H,21,25)(H,22,23). The van der Waals surface area contributed by atoms with Gasteiger partial charge in [0.2, 0.25) is 11.8 Å². The summed E-state index contributed by atoms with van der Waals surface area (Å²) in [5.41, 5.74) is 1.36. The fourth-order valence-corrected chi connectivity index (χ4v) is 3.61. The topological polar surface area (TPSA) is 78.1 Å². The summed E-state index contributed by atoms with van der Waals surface area (Å²) in [6.07, 6.45) is 5.12. The Morgan fingerprint density at radius 2 is 2.12 bits per heavy atom. The fourth-order valence-electron chi connectivity index (χ4n) is 3.61. The fraction of sp³-hybridized carbons (Fsp3) is 0.526. The minimum Gasteiger partial charge on any atom is -0.354 e. The number of hydrogen-bond acceptors (Lipinski definition) is 3. The van der Waals surface area contributed by atoms with Crippen molar-refractivity contribution in [1.29, 1.82) is 0 Å². The number of benzene rings is 1. The van der Waals surface area contributed by atoms with Crippen LogP contribution < -0.4 is 5.32 Å². The molecule has 0 radical (unpaired) electrons. The van der Waals surface area contributed by atoms with Gasteiger partial charge in [-0.05, 0) is 50.3 Å². The quantitative estimate of drug-likeness (QED) is 0.860. The van der Waals surface area contributed by atoms with Gasteiger partial charge in [-0.25, -0.2) is 9.37 Å². The Hall–Kier alpha value is -2.44. The van der Waals surface area contributed by atoms with Crippen LogP contribution in [0.1, 0.15) is 37.9 Å². The van der Waals surface area contributed by atoms with E-state index in [4.69, 9.17) is 0 Å². The van der Waals surface area contributed by atoms with E-state index in [1.807, 2.05) is 0 Å². The Balaban J connectivity index is 1.34. The van der Waals surface area contributed by atoms with E-state index in [0.717, 1.165) is 32.1 Å². The summed E-state index contributed by atoms with van der Waals surface area (Å²) in [5.74, 6) is 0.600. The average molecular weight is 358 g/mol. The molecule has 1 saturated carbocycles. The second-order valence-electron chi connectivity index (χ2n) is 7.20. The lowest BCUT2D eigenvalue weighted by Gasteiger charge is -2.34. The number of aromatic nitrogens is 2. The maximum absolute atomic E-state index is 13.2. The molecule has 138 valence electrons. The first kappa shape index (κ1) is 17.0. The lowest BCUT2D eigenvalue weighted by atomic mass is 10.0. The van der Waals surface area contributed by atoms with E-state index >= 15 is 0 Å². The minimum atomic E-state index is -0.346. The lowest BCUT2D eigenvalue weighted by Crippen LogP contribution is -2.52. The Labute approximate surface area is 151 Å². The van der Waals surface area contributed by atoms with Crippen LogP contribution in [0.15, 0.2) is 18.2 Å². The number of halogens is 1. The van der Waals surface area contributed by atoms with Crippen molar-refractivity contribution in [1.82, 2.24) is 20.2 Å². The predicted molar refractivity (Wildman–Crippen MR) is 94.8 cm³/mol. The number of aromatic amines is 1. The Kier molecular flexibility index (Phi) is 4.61. The van der Waals surface area contributed by atoms with Gasteiger partial charge < -0.3 is 15.2 Å². The number of rotatable bonds is 5. The van der Waals surface area contributed by atoms with Crippen LogP contribution in [0, 0.1) is 11.7 Å². The highest BCUT2D eigenvalue weighted by molar-refractivity contribution is 5.89. The molecule has 26 heavy (non-hydrogen) atoms. The molecule has 6 nitrogen and oxygen atoms in total. The van der Waals surface area contributed by atoms with E-state index in [0.29, 0.717) is 36.4 Å². The van der Waals surface area contributed by atoms with E-state index in [-0.39, 0.29) is 29.6 Å². The third-order valence-electron chi connectivity index (χ3n) is 5.17. The summed E-state index contributed by atoms with van der Waals surface area (Å²) in [5, 5.41) is 2.93. The summed E-state index contributed by atoms with van der Waals surface area (Å²) in [7, 11) is 0. The van der Waals surface area contributed by atoms with Crippen molar-refractivity contribution in [3.8, 4) is 0 Å². The predicted octanol–water partition coefficient (Wildman–Crippen LogP) is 2.15. The molecule has 2 aromatic rings. The highest BCUT2D eigenvalue weighted by Gasteiger charge is 2.39. The van der Waals surface area contributed by atoms with Crippen LogP contribution in [0.25, 0.3) is 11.0 Å². The summed E-state index contributed by atoms with van der Waals surface area (Å²) in [6.45, 7) is 1.12. The van der Waals surface area contributed by atoms with Crippen LogP contribution >= 0.6 is 0 Å². The third-order valence-corrected chi connectivity index (χ3v) is 5.17. The summed E-state index contributed by atoms with van der Waals surface area (Å²) >= 11 is 0. The van der Waals surface area contributed by atoms with Crippen molar-refractivity contribution in [2.45, 2.75) is 44.6 Å². The van der Waals surface area contributed by atoms with Crippen LogP contribution in [-0.4, -0.2) is 45.8 Å². The molecular weight excluding hydrogens is 335 g/mol. The molecule has 4 rings (SSSR count). The summed E-state index contributed by atoms with van der Waals surface area (Å²) in [6, 6.07) is 4.07. The molecule has 2 fully saturated rings. The molecular formula is C19H23FN4O2. The second-order valence-corrected chi connectivity index (χ2v) is 7.20. The van der Waals surface area contributed by atoms with Gasteiger partial charge >= 0.3 is 0 Å². The number of carbonyl (C=O) groups excluding carboxylic acids is 2. The van der Waals surface area contributed by atoms with Gasteiger partial charge in [0.15, 0.2) is 0 Å². The van der Waals surface area contributed by atoms with Gasteiger partial charge in [0.1, 0.15) is 17.7 Å². The molecule has 1 aliphatic carbocycles. The van der Waals surface area contributed by atoms with Gasteiger partial charge in [-0.1, -0.05) is 0 Å². The van der Waals surface area contributed by atoms with E-state index < -0.39 is 0 Å². The zero-order valence-electron chi connectivity index (χ0n) is 14.6. The van der Waals surface area contributed by atoms with Crippen molar-refractivity contribution in [2.24, 2.45) is 5.92 Å². The molecule has 1 aromatic heterocycles. The summed E-state index contributed by atoms with van der Waals surface area (Å²) in [4.78, 5) is 34.2. The molecule has 2 N–H and O–H groups in total.